The number of carbonyl (C=O) groups excluding carboxylic acids is 1. The van der Waals surface area contributed by atoms with Crippen molar-refractivity contribution < 1.29 is 14.2 Å². The smallest absolute Gasteiger partial charge is 0.300 e. The minimum absolute atomic E-state index is 0.190. The number of nitrogens with zero attached hydrogens (tertiary/aromatic N) is 2. The van der Waals surface area contributed by atoms with E-state index >= 15 is 0 Å². The fourth-order valence-electron chi connectivity index (χ4n) is 3.44. The molecular formula is C22H17N5O+2. The highest BCUT2D eigenvalue weighted by atomic mass is 16.1. The number of aromatic amines is 2. The van der Waals surface area contributed by atoms with E-state index in [1.54, 1.807) is 12.4 Å². The summed E-state index contributed by atoms with van der Waals surface area (Å²) in [5.74, 6) is 0.639. The SMILES string of the molecule is O=C(Nc1cccc2c[nH+]ccc12)c1[nH]c(-c2ccncc2)[n+]2ccccc12. The topological polar surface area (TPSA) is 76.0 Å². The summed E-state index contributed by atoms with van der Waals surface area (Å²) in [5.41, 5.74) is 3.04. The Kier molecular flexibility index (Phi) is 3.80. The van der Waals surface area contributed by atoms with Gasteiger partial charge >= 0.3 is 0 Å². The van der Waals surface area contributed by atoms with Gasteiger partial charge in [-0.1, -0.05) is 12.1 Å². The van der Waals surface area contributed by atoms with Gasteiger partial charge in [-0.3, -0.25) is 9.78 Å². The van der Waals surface area contributed by atoms with Gasteiger partial charge in [0, 0.05) is 34.9 Å². The molecule has 0 fully saturated rings. The summed E-state index contributed by atoms with van der Waals surface area (Å²) in [5, 5.41) is 5.06. The van der Waals surface area contributed by atoms with Crippen LogP contribution in [0.1, 0.15) is 10.5 Å². The largest absolute Gasteiger partial charge is 0.318 e. The summed E-state index contributed by atoms with van der Waals surface area (Å²) in [6.45, 7) is 0. The summed E-state index contributed by atoms with van der Waals surface area (Å²) >= 11 is 0. The lowest BCUT2D eigenvalue weighted by atomic mass is 10.1. The van der Waals surface area contributed by atoms with Crippen LogP contribution in [0.2, 0.25) is 0 Å². The number of nitrogens with one attached hydrogen (secondary N) is 3. The van der Waals surface area contributed by atoms with Crippen LogP contribution in [0.4, 0.5) is 5.69 Å². The van der Waals surface area contributed by atoms with Gasteiger partial charge in [0.2, 0.25) is 5.69 Å². The monoisotopic (exact) mass is 367 g/mol. The van der Waals surface area contributed by atoms with Crippen molar-refractivity contribution in [2.75, 3.05) is 5.32 Å². The Balaban J connectivity index is 1.60. The lowest BCUT2D eigenvalue weighted by molar-refractivity contribution is -0.498. The Bertz CT molecular complexity index is 1310. The van der Waals surface area contributed by atoms with Gasteiger partial charge in [-0.25, -0.2) is 9.97 Å². The van der Waals surface area contributed by atoms with Crippen molar-refractivity contribution in [1.29, 1.82) is 0 Å². The van der Waals surface area contributed by atoms with Gasteiger partial charge < -0.3 is 5.32 Å². The zero-order valence-electron chi connectivity index (χ0n) is 14.9. The van der Waals surface area contributed by atoms with Crippen molar-refractivity contribution in [2.24, 2.45) is 0 Å². The fraction of sp³-hybridized carbons (Fsp3) is 0. The lowest BCUT2D eigenvalue weighted by Crippen LogP contribution is -2.22. The number of amides is 1. The van der Waals surface area contributed by atoms with Crippen molar-refractivity contribution >= 4 is 27.9 Å². The molecule has 0 aliphatic heterocycles. The number of hydrogen-bond acceptors (Lipinski definition) is 2. The van der Waals surface area contributed by atoms with Gasteiger partial charge in [-0.05, 0) is 36.4 Å². The highest BCUT2D eigenvalue weighted by molar-refractivity contribution is 6.10. The van der Waals surface area contributed by atoms with Crippen LogP contribution in [0.25, 0.3) is 27.7 Å². The van der Waals surface area contributed by atoms with Crippen LogP contribution in [-0.2, 0) is 0 Å². The Morgan fingerprint density at radius 3 is 2.82 bits per heavy atom. The first-order valence-electron chi connectivity index (χ1n) is 8.94. The Labute approximate surface area is 160 Å². The minimum Gasteiger partial charge on any atom is -0.318 e. The molecule has 0 spiro atoms. The molecular weight excluding hydrogens is 350 g/mol. The van der Waals surface area contributed by atoms with Crippen LogP contribution in [0.3, 0.4) is 0 Å². The highest BCUT2D eigenvalue weighted by Crippen LogP contribution is 2.23. The van der Waals surface area contributed by atoms with Crippen molar-refractivity contribution in [3.05, 3.63) is 91.3 Å². The zero-order valence-corrected chi connectivity index (χ0v) is 14.9. The van der Waals surface area contributed by atoms with Gasteiger partial charge in [0.15, 0.2) is 17.9 Å². The van der Waals surface area contributed by atoms with E-state index in [4.69, 9.17) is 0 Å². The number of imidazole rings is 1. The number of aromatic nitrogens is 4. The maximum Gasteiger partial charge on any atom is 0.300 e. The Morgan fingerprint density at radius 2 is 1.93 bits per heavy atom. The number of hydrogen-bond donors (Lipinski definition) is 2. The van der Waals surface area contributed by atoms with Crippen LogP contribution in [0, 0.1) is 0 Å². The number of anilines is 1. The average molecular weight is 367 g/mol. The van der Waals surface area contributed by atoms with Gasteiger partial charge in [-0.2, -0.15) is 4.40 Å². The normalized spacial score (nSPS) is 11.0. The maximum absolute atomic E-state index is 13.1. The van der Waals surface area contributed by atoms with Crippen LogP contribution in [-0.4, -0.2) is 15.9 Å². The summed E-state index contributed by atoms with van der Waals surface area (Å²) in [6.07, 6.45) is 9.16. The molecule has 0 aliphatic rings. The quantitative estimate of drug-likeness (QED) is 0.481. The Hall–Kier alpha value is -4.06. The van der Waals surface area contributed by atoms with Crippen molar-refractivity contribution in [3.8, 4) is 11.4 Å². The first-order valence-corrected chi connectivity index (χ1v) is 8.94. The number of fused-ring (bicyclic) bond motifs is 2. The maximum atomic E-state index is 13.1. The first kappa shape index (κ1) is 16.1. The highest BCUT2D eigenvalue weighted by Gasteiger charge is 2.25. The molecule has 0 saturated carbocycles. The molecule has 0 bridgehead atoms. The first-order chi connectivity index (χ1) is 13.8. The number of pyridine rings is 3. The van der Waals surface area contributed by atoms with Crippen LogP contribution in [0.15, 0.2) is 85.6 Å². The molecule has 0 radical (unpaired) electrons. The van der Waals surface area contributed by atoms with Crippen molar-refractivity contribution in [3.63, 3.8) is 0 Å². The number of benzene rings is 1. The van der Waals surface area contributed by atoms with Crippen LogP contribution < -0.4 is 14.7 Å². The second kappa shape index (κ2) is 6.59. The minimum atomic E-state index is -0.190. The average Bonchev–Trinajstić information content (AvgIpc) is 3.15. The van der Waals surface area contributed by atoms with E-state index in [1.165, 1.54) is 0 Å². The van der Waals surface area contributed by atoms with E-state index < -0.39 is 0 Å². The molecule has 0 saturated heterocycles. The molecule has 3 N–H and O–H groups in total. The zero-order chi connectivity index (χ0) is 18.9. The Morgan fingerprint density at radius 1 is 1.04 bits per heavy atom. The summed E-state index contributed by atoms with van der Waals surface area (Å²) in [4.78, 5) is 23.6. The van der Waals surface area contributed by atoms with E-state index in [9.17, 15) is 4.79 Å². The van der Waals surface area contributed by atoms with E-state index in [0.29, 0.717) is 5.69 Å². The van der Waals surface area contributed by atoms with Gasteiger partial charge in [0.25, 0.3) is 11.7 Å². The third kappa shape index (κ3) is 2.68. The third-order valence-corrected chi connectivity index (χ3v) is 4.75. The molecule has 6 nitrogen and oxygen atoms in total. The van der Waals surface area contributed by atoms with Crippen molar-refractivity contribution in [2.45, 2.75) is 0 Å². The predicted molar refractivity (Wildman–Crippen MR) is 106 cm³/mol. The predicted octanol–water partition coefficient (Wildman–Crippen LogP) is 3.04. The summed E-state index contributed by atoms with van der Waals surface area (Å²) < 4.78 is 1.97. The van der Waals surface area contributed by atoms with Crippen molar-refractivity contribution in [1.82, 2.24) is 9.97 Å². The molecule has 5 rings (SSSR count). The van der Waals surface area contributed by atoms with E-state index in [0.717, 1.165) is 33.4 Å². The lowest BCUT2D eigenvalue weighted by Gasteiger charge is -2.05. The molecule has 0 aliphatic carbocycles. The third-order valence-electron chi connectivity index (χ3n) is 4.75. The molecule has 1 aromatic carbocycles. The molecule has 4 heterocycles. The van der Waals surface area contributed by atoms with E-state index in [1.807, 2.05) is 77.6 Å². The van der Waals surface area contributed by atoms with Crippen LogP contribution in [0.5, 0.6) is 0 Å². The standard InChI is InChI=1S/C22H15N5O/c28-22(25-18-5-3-4-16-14-24-12-9-17(16)18)20-19-6-1-2-13-27(19)21(26-20)15-7-10-23-11-8-15/h1-14H,(H,25,28)/p+2. The molecule has 4 aromatic heterocycles. The van der Waals surface area contributed by atoms with Gasteiger partial charge in [0.1, 0.15) is 0 Å². The summed E-state index contributed by atoms with van der Waals surface area (Å²) in [6, 6.07) is 17.4. The number of rotatable bonds is 3. The number of H-pyrrole nitrogens is 2. The van der Waals surface area contributed by atoms with Gasteiger partial charge in [-0.15, -0.1) is 0 Å². The molecule has 6 heteroatoms. The molecule has 134 valence electrons. The van der Waals surface area contributed by atoms with E-state index in [-0.39, 0.29) is 5.91 Å². The van der Waals surface area contributed by atoms with E-state index in [2.05, 4.69) is 20.3 Å². The molecule has 0 unspecified atom stereocenters. The molecule has 28 heavy (non-hydrogen) atoms. The molecule has 1 amide bonds. The van der Waals surface area contributed by atoms with Crippen LogP contribution >= 0.6 is 0 Å². The fourth-order valence-corrected chi connectivity index (χ4v) is 3.44. The van der Waals surface area contributed by atoms with Gasteiger partial charge in [0.05, 0.1) is 11.8 Å². The number of carbonyl (C=O) groups is 1. The second-order valence-electron chi connectivity index (χ2n) is 6.45. The second-order valence-corrected chi connectivity index (χ2v) is 6.45. The molecule has 0 atom stereocenters. The summed E-state index contributed by atoms with van der Waals surface area (Å²) in [7, 11) is 0. The molecule has 5 aromatic rings.